The highest BCUT2D eigenvalue weighted by molar-refractivity contribution is 14.1. The summed E-state index contributed by atoms with van der Waals surface area (Å²) in [5.74, 6) is 0. The Bertz CT molecular complexity index is 735. The number of hydrogen-bond acceptors (Lipinski definition) is 0. The lowest BCUT2D eigenvalue weighted by atomic mass is 9.99. The molecule has 3 rings (SSSR count). The Labute approximate surface area is 141 Å². The Kier molecular flexibility index (Phi) is 4.22. The number of hydrogen-bond donors (Lipinski definition) is 0. The van der Waals surface area contributed by atoms with Crippen LogP contribution in [-0.2, 0) is 0 Å². The maximum absolute atomic E-state index is 3.60. The van der Waals surface area contributed by atoms with Gasteiger partial charge in [-0.05, 0) is 79.0 Å². The van der Waals surface area contributed by atoms with Crippen molar-refractivity contribution in [1.82, 2.24) is 0 Å². The zero-order chi connectivity index (χ0) is 13.9. The topological polar surface area (TPSA) is 0 Å². The number of halogens is 2. The van der Waals surface area contributed by atoms with Crippen molar-refractivity contribution in [3.63, 3.8) is 0 Å². The van der Waals surface area contributed by atoms with Gasteiger partial charge in [-0.2, -0.15) is 0 Å². The zero-order valence-electron chi connectivity index (χ0n) is 10.7. The van der Waals surface area contributed by atoms with Crippen molar-refractivity contribution in [3.8, 4) is 22.3 Å². The molecule has 0 unspecified atom stereocenters. The molecule has 0 nitrogen and oxygen atoms in total. The molecule has 0 fully saturated rings. The summed E-state index contributed by atoms with van der Waals surface area (Å²) in [6.45, 7) is 0. The van der Waals surface area contributed by atoms with Gasteiger partial charge < -0.3 is 0 Å². The monoisotopic (exact) mass is 434 g/mol. The molecule has 0 aliphatic rings. The lowest BCUT2D eigenvalue weighted by molar-refractivity contribution is 1.54. The molecule has 0 aliphatic heterocycles. The fourth-order valence-electron chi connectivity index (χ4n) is 2.18. The van der Waals surface area contributed by atoms with Gasteiger partial charge in [0.15, 0.2) is 0 Å². The van der Waals surface area contributed by atoms with Crippen LogP contribution in [0, 0.1) is 3.57 Å². The van der Waals surface area contributed by atoms with Crippen molar-refractivity contribution in [3.05, 3.63) is 80.8 Å². The van der Waals surface area contributed by atoms with Gasteiger partial charge in [-0.1, -0.05) is 54.6 Å². The van der Waals surface area contributed by atoms with E-state index < -0.39 is 0 Å². The Hall–Kier alpha value is -1.13. The Morgan fingerprint density at radius 3 is 1.90 bits per heavy atom. The van der Waals surface area contributed by atoms with Crippen LogP contribution in [0.1, 0.15) is 0 Å². The molecule has 0 radical (unpaired) electrons. The summed E-state index contributed by atoms with van der Waals surface area (Å²) in [5, 5.41) is 0. The predicted octanol–water partition coefficient (Wildman–Crippen LogP) is 6.39. The fourth-order valence-corrected chi connectivity index (χ4v) is 2.90. The normalized spacial score (nSPS) is 10.5. The molecule has 20 heavy (non-hydrogen) atoms. The van der Waals surface area contributed by atoms with Gasteiger partial charge in [0.2, 0.25) is 0 Å². The second-order valence-electron chi connectivity index (χ2n) is 4.58. The molecule has 0 spiro atoms. The summed E-state index contributed by atoms with van der Waals surface area (Å²) in [5.41, 5.74) is 4.97. The van der Waals surface area contributed by atoms with Crippen LogP contribution in [0.15, 0.2) is 77.3 Å². The predicted molar refractivity (Wildman–Crippen MR) is 97.7 cm³/mol. The van der Waals surface area contributed by atoms with Crippen molar-refractivity contribution in [2.45, 2.75) is 0 Å². The first-order chi connectivity index (χ1) is 9.74. The third kappa shape index (κ3) is 2.96. The summed E-state index contributed by atoms with van der Waals surface area (Å²) in [7, 11) is 0. The minimum Gasteiger partial charge on any atom is -0.0622 e. The first-order valence-electron chi connectivity index (χ1n) is 6.35. The van der Waals surface area contributed by atoms with Gasteiger partial charge in [-0.25, -0.2) is 0 Å². The van der Waals surface area contributed by atoms with E-state index in [2.05, 4.69) is 105 Å². The quantitative estimate of drug-likeness (QED) is 0.410. The Morgan fingerprint density at radius 2 is 1.20 bits per heavy atom. The van der Waals surface area contributed by atoms with E-state index in [4.69, 9.17) is 0 Å². The molecule has 0 atom stereocenters. The highest BCUT2D eigenvalue weighted by Gasteiger charge is 2.03. The van der Waals surface area contributed by atoms with Crippen molar-refractivity contribution in [1.29, 1.82) is 0 Å². The summed E-state index contributed by atoms with van der Waals surface area (Å²) in [6.07, 6.45) is 0. The second-order valence-corrected chi connectivity index (χ2v) is 6.59. The Morgan fingerprint density at radius 1 is 0.600 bits per heavy atom. The van der Waals surface area contributed by atoms with E-state index in [1.807, 2.05) is 6.07 Å². The SMILES string of the molecule is Brc1cc(-c2cccc(-c3ccccc3)c2)ccc1I. The van der Waals surface area contributed by atoms with Crippen LogP contribution in [0.4, 0.5) is 0 Å². The van der Waals surface area contributed by atoms with E-state index in [1.165, 1.54) is 25.8 Å². The lowest BCUT2D eigenvalue weighted by Gasteiger charge is -2.07. The van der Waals surface area contributed by atoms with Gasteiger partial charge in [0, 0.05) is 8.04 Å². The number of benzene rings is 3. The van der Waals surface area contributed by atoms with E-state index in [9.17, 15) is 0 Å². The van der Waals surface area contributed by atoms with E-state index in [-0.39, 0.29) is 0 Å². The summed E-state index contributed by atoms with van der Waals surface area (Å²) < 4.78 is 2.37. The molecule has 0 saturated carbocycles. The number of rotatable bonds is 2. The molecule has 3 aromatic carbocycles. The second kappa shape index (κ2) is 6.10. The van der Waals surface area contributed by atoms with Crippen LogP contribution in [0.2, 0.25) is 0 Å². The average molecular weight is 435 g/mol. The molecule has 98 valence electrons. The minimum atomic E-state index is 1.14. The van der Waals surface area contributed by atoms with Crippen molar-refractivity contribution in [2.24, 2.45) is 0 Å². The molecule has 0 saturated heterocycles. The van der Waals surface area contributed by atoms with Gasteiger partial charge in [0.05, 0.1) is 0 Å². The van der Waals surface area contributed by atoms with Gasteiger partial charge in [-0.3, -0.25) is 0 Å². The first kappa shape index (κ1) is 13.8. The van der Waals surface area contributed by atoms with Crippen LogP contribution in [-0.4, -0.2) is 0 Å². The largest absolute Gasteiger partial charge is 0.0622 e. The summed E-state index contributed by atoms with van der Waals surface area (Å²) >= 11 is 5.93. The van der Waals surface area contributed by atoms with Crippen LogP contribution < -0.4 is 0 Å². The molecular weight excluding hydrogens is 423 g/mol. The first-order valence-corrected chi connectivity index (χ1v) is 8.22. The van der Waals surface area contributed by atoms with Gasteiger partial charge in [0.1, 0.15) is 0 Å². The smallest absolute Gasteiger partial charge is 0.0315 e. The highest BCUT2D eigenvalue weighted by atomic mass is 127. The fraction of sp³-hybridized carbons (Fsp3) is 0. The van der Waals surface area contributed by atoms with Gasteiger partial charge in [-0.15, -0.1) is 0 Å². The lowest BCUT2D eigenvalue weighted by Crippen LogP contribution is -1.83. The van der Waals surface area contributed by atoms with Gasteiger partial charge >= 0.3 is 0 Å². The van der Waals surface area contributed by atoms with Crippen molar-refractivity contribution < 1.29 is 0 Å². The van der Waals surface area contributed by atoms with E-state index >= 15 is 0 Å². The summed E-state index contributed by atoms with van der Waals surface area (Å²) in [4.78, 5) is 0. The van der Waals surface area contributed by atoms with Crippen LogP contribution in [0.5, 0.6) is 0 Å². The molecule has 3 aromatic rings. The highest BCUT2D eigenvalue weighted by Crippen LogP contribution is 2.29. The molecule has 0 heterocycles. The summed E-state index contributed by atoms with van der Waals surface area (Å²) in [6, 6.07) is 25.6. The Balaban J connectivity index is 2.05. The van der Waals surface area contributed by atoms with Crippen LogP contribution in [0.25, 0.3) is 22.3 Å². The average Bonchev–Trinajstić information content (AvgIpc) is 2.51. The van der Waals surface area contributed by atoms with Crippen LogP contribution in [0.3, 0.4) is 0 Å². The third-order valence-electron chi connectivity index (χ3n) is 3.22. The minimum absolute atomic E-state index is 1.14. The molecule has 0 N–H and O–H groups in total. The van der Waals surface area contributed by atoms with Crippen LogP contribution >= 0.6 is 38.5 Å². The van der Waals surface area contributed by atoms with Crippen molar-refractivity contribution >= 4 is 38.5 Å². The molecule has 2 heteroatoms. The van der Waals surface area contributed by atoms with Crippen molar-refractivity contribution in [2.75, 3.05) is 0 Å². The zero-order valence-corrected chi connectivity index (χ0v) is 14.4. The molecule has 0 amide bonds. The molecule has 0 aliphatic carbocycles. The maximum Gasteiger partial charge on any atom is 0.0315 e. The third-order valence-corrected chi connectivity index (χ3v) is 5.56. The van der Waals surface area contributed by atoms with Gasteiger partial charge in [0.25, 0.3) is 0 Å². The molecule has 0 bridgehead atoms. The van der Waals surface area contributed by atoms with E-state index in [0.29, 0.717) is 0 Å². The molecular formula is C18H12BrI. The standard InChI is InChI=1S/C18H12BrI/c19-17-12-16(9-10-18(17)20)15-8-4-7-14(11-15)13-5-2-1-3-6-13/h1-12H. The van der Waals surface area contributed by atoms with E-state index in [0.717, 1.165) is 4.47 Å². The van der Waals surface area contributed by atoms with E-state index in [1.54, 1.807) is 0 Å². The maximum atomic E-state index is 3.60. The molecule has 0 aromatic heterocycles.